The van der Waals surface area contributed by atoms with Gasteiger partial charge in [0.2, 0.25) is 0 Å². The number of aliphatic hydroxyl groups excluding tert-OH is 1. The predicted molar refractivity (Wildman–Crippen MR) is 69.8 cm³/mol. The number of aliphatic hydroxyl groups is 1. The van der Waals surface area contributed by atoms with Crippen LogP contribution in [0.2, 0.25) is 0 Å². The first-order valence-corrected chi connectivity index (χ1v) is 6.08. The van der Waals surface area contributed by atoms with Gasteiger partial charge < -0.3 is 15.9 Å². The smallest absolute Gasteiger partial charge is 0.138 e. The van der Waals surface area contributed by atoms with Crippen molar-refractivity contribution in [1.82, 2.24) is 4.90 Å². The van der Waals surface area contributed by atoms with Gasteiger partial charge in [-0.2, -0.15) is 0 Å². The van der Waals surface area contributed by atoms with E-state index in [-0.39, 0.29) is 12.4 Å². The minimum atomic E-state index is 0.121. The number of anilines is 1. The Labute approximate surface area is 103 Å². The first kappa shape index (κ1) is 13.8. The van der Waals surface area contributed by atoms with Crippen LogP contribution in [0.3, 0.4) is 0 Å². The van der Waals surface area contributed by atoms with E-state index in [0.717, 1.165) is 31.5 Å². The van der Waals surface area contributed by atoms with Crippen LogP contribution in [0.1, 0.15) is 25.3 Å². The minimum Gasteiger partial charge on any atom is -0.506 e. The van der Waals surface area contributed by atoms with Crippen LogP contribution in [0.15, 0.2) is 18.2 Å². The van der Waals surface area contributed by atoms with Gasteiger partial charge >= 0.3 is 0 Å². The molecule has 0 bridgehead atoms. The number of rotatable bonds is 7. The molecule has 0 aromatic heterocycles. The van der Waals surface area contributed by atoms with E-state index in [9.17, 15) is 5.11 Å². The van der Waals surface area contributed by atoms with Gasteiger partial charge in [-0.3, -0.25) is 4.90 Å². The van der Waals surface area contributed by atoms with Crippen molar-refractivity contribution in [3.8, 4) is 5.75 Å². The number of nitrogens with two attached hydrogens (primary N) is 1. The predicted octanol–water partition coefficient (Wildman–Crippen LogP) is 1.57. The van der Waals surface area contributed by atoms with Crippen LogP contribution in [0.5, 0.6) is 5.75 Å². The van der Waals surface area contributed by atoms with Crippen molar-refractivity contribution in [3.05, 3.63) is 23.8 Å². The Morgan fingerprint density at radius 1 is 1.29 bits per heavy atom. The van der Waals surface area contributed by atoms with Crippen molar-refractivity contribution < 1.29 is 10.2 Å². The lowest BCUT2D eigenvalue weighted by molar-refractivity contribution is 0.188. The van der Waals surface area contributed by atoms with Gasteiger partial charge in [-0.1, -0.05) is 19.4 Å². The molecule has 0 atom stereocenters. The van der Waals surface area contributed by atoms with Crippen LogP contribution in [0, 0.1) is 0 Å². The molecular formula is C13H22N2O2. The van der Waals surface area contributed by atoms with Crippen molar-refractivity contribution >= 4 is 5.69 Å². The summed E-state index contributed by atoms with van der Waals surface area (Å²) in [6.45, 7) is 4.70. The average Bonchev–Trinajstić information content (AvgIpc) is 2.31. The molecule has 0 aliphatic heterocycles. The second-order valence-electron chi connectivity index (χ2n) is 4.25. The zero-order valence-corrected chi connectivity index (χ0v) is 10.4. The van der Waals surface area contributed by atoms with Gasteiger partial charge in [-0.15, -0.1) is 0 Å². The van der Waals surface area contributed by atoms with Crippen LogP contribution in [-0.4, -0.2) is 34.8 Å². The maximum Gasteiger partial charge on any atom is 0.138 e. The molecule has 1 rings (SSSR count). The van der Waals surface area contributed by atoms with E-state index in [1.165, 1.54) is 0 Å². The number of hydrogen-bond acceptors (Lipinski definition) is 4. The fourth-order valence-corrected chi connectivity index (χ4v) is 1.75. The molecule has 0 unspecified atom stereocenters. The van der Waals surface area contributed by atoms with Gasteiger partial charge in [0.15, 0.2) is 0 Å². The molecule has 0 fully saturated rings. The summed E-state index contributed by atoms with van der Waals surface area (Å²) in [5, 5.41) is 18.4. The molecule has 4 heteroatoms. The van der Waals surface area contributed by atoms with Crippen molar-refractivity contribution in [2.75, 3.05) is 25.4 Å². The summed E-state index contributed by atoms with van der Waals surface area (Å²) in [6, 6.07) is 5.26. The number of hydrogen-bond donors (Lipinski definition) is 3. The monoisotopic (exact) mass is 238 g/mol. The van der Waals surface area contributed by atoms with Crippen LogP contribution in [-0.2, 0) is 6.54 Å². The lowest BCUT2D eigenvalue weighted by Gasteiger charge is -2.21. The third kappa shape index (κ3) is 4.63. The van der Waals surface area contributed by atoms with Gasteiger partial charge in [-0.25, -0.2) is 0 Å². The zero-order valence-electron chi connectivity index (χ0n) is 10.4. The van der Waals surface area contributed by atoms with E-state index in [1.807, 2.05) is 6.07 Å². The molecule has 1 aromatic rings. The Balaban J connectivity index is 2.61. The molecule has 0 saturated carbocycles. The number of aromatic hydroxyl groups is 1. The molecule has 0 heterocycles. The molecule has 0 aliphatic rings. The summed E-state index contributed by atoms with van der Waals surface area (Å²) in [4.78, 5) is 2.19. The molecule has 4 nitrogen and oxygen atoms in total. The summed E-state index contributed by atoms with van der Waals surface area (Å²) < 4.78 is 0. The van der Waals surface area contributed by atoms with E-state index in [0.29, 0.717) is 12.2 Å². The maximum absolute atomic E-state index is 9.34. The van der Waals surface area contributed by atoms with E-state index >= 15 is 0 Å². The second-order valence-corrected chi connectivity index (χ2v) is 4.25. The quantitative estimate of drug-likeness (QED) is 0.498. The normalized spacial score (nSPS) is 11.0. The molecule has 0 spiro atoms. The molecule has 1 aromatic carbocycles. The summed E-state index contributed by atoms with van der Waals surface area (Å²) in [5.74, 6) is 0.121. The first-order valence-electron chi connectivity index (χ1n) is 6.08. The molecular weight excluding hydrogens is 216 g/mol. The van der Waals surface area contributed by atoms with Gasteiger partial charge in [0.05, 0.1) is 12.3 Å². The van der Waals surface area contributed by atoms with E-state index in [4.69, 9.17) is 10.8 Å². The lowest BCUT2D eigenvalue weighted by atomic mass is 10.1. The van der Waals surface area contributed by atoms with Crippen molar-refractivity contribution in [2.24, 2.45) is 0 Å². The summed E-state index contributed by atoms with van der Waals surface area (Å²) >= 11 is 0. The van der Waals surface area contributed by atoms with Crippen molar-refractivity contribution in [3.63, 3.8) is 0 Å². The Hall–Kier alpha value is -1.26. The van der Waals surface area contributed by atoms with E-state index in [2.05, 4.69) is 11.8 Å². The van der Waals surface area contributed by atoms with Crippen LogP contribution < -0.4 is 5.73 Å². The maximum atomic E-state index is 9.34. The molecule has 4 N–H and O–H groups in total. The fraction of sp³-hybridized carbons (Fsp3) is 0.538. The number of nitrogen functional groups attached to an aromatic ring is 1. The number of phenols is 1. The molecule has 17 heavy (non-hydrogen) atoms. The standard InChI is InChI=1S/C13H22N2O2/c1-2-3-6-15(7-8-16)10-11-4-5-13(17)12(14)9-11/h4-5,9,16-17H,2-3,6-8,10,14H2,1H3. The van der Waals surface area contributed by atoms with Gasteiger partial charge in [0.25, 0.3) is 0 Å². The molecule has 0 aliphatic carbocycles. The molecule has 96 valence electrons. The summed E-state index contributed by atoms with van der Waals surface area (Å²) in [5.41, 5.74) is 7.12. The van der Waals surface area contributed by atoms with E-state index < -0.39 is 0 Å². The van der Waals surface area contributed by atoms with Crippen LogP contribution in [0.25, 0.3) is 0 Å². The third-order valence-electron chi connectivity index (χ3n) is 2.74. The molecule has 0 saturated heterocycles. The van der Waals surface area contributed by atoms with Gasteiger partial charge in [-0.05, 0) is 30.7 Å². The number of unbranched alkanes of at least 4 members (excludes halogenated alkanes) is 1. The van der Waals surface area contributed by atoms with Crippen molar-refractivity contribution in [1.29, 1.82) is 0 Å². The second kappa shape index (κ2) is 7.14. The number of nitrogens with zero attached hydrogens (tertiary/aromatic N) is 1. The topological polar surface area (TPSA) is 69.7 Å². The Morgan fingerprint density at radius 2 is 2.06 bits per heavy atom. The Bertz CT molecular complexity index is 342. The highest BCUT2D eigenvalue weighted by Gasteiger charge is 2.06. The largest absolute Gasteiger partial charge is 0.506 e. The van der Waals surface area contributed by atoms with Gasteiger partial charge in [0, 0.05) is 13.1 Å². The number of benzene rings is 1. The number of phenolic OH excluding ortho intramolecular Hbond substituents is 1. The fourth-order valence-electron chi connectivity index (χ4n) is 1.75. The lowest BCUT2D eigenvalue weighted by Crippen LogP contribution is -2.27. The minimum absolute atomic E-state index is 0.121. The highest BCUT2D eigenvalue weighted by atomic mass is 16.3. The summed E-state index contributed by atoms with van der Waals surface area (Å²) in [7, 11) is 0. The van der Waals surface area contributed by atoms with Crippen LogP contribution in [0.4, 0.5) is 5.69 Å². The Morgan fingerprint density at radius 3 is 2.65 bits per heavy atom. The van der Waals surface area contributed by atoms with Crippen molar-refractivity contribution in [2.45, 2.75) is 26.3 Å². The van der Waals surface area contributed by atoms with Crippen LogP contribution >= 0.6 is 0 Å². The highest BCUT2D eigenvalue weighted by Crippen LogP contribution is 2.21. The first-order chi connectivity index (χ1) is 8.17. The van der Waals surface area contributed by atoms with Gasteiger partial charge in [0.1, 0.15) is 5.75 Å². The molecule has 0 radical (unpaired) electrons. The average molecular weight is 238 g/mol. The zero-order chi connectivity index (χ0) is 12.7. The van der Waals surface area contributed by atoms with E-state index in [1.54, 1.807) is 12.1 Å². The third-order valence-corrected chi connectivity index (χ3v) is 2.74. The summed E-state index contributed by atoms with van der Waals surface area (Å²) in [6.07, 6.45) is 2.26. The Kier molecular flexibility index (Phi) is 5.80. The highest BCUT2D eigenvalue weighted by molar-refractivity contribution is 5.53. The molecule has 0 amide bonds. The SMILES string of the molecule is CCCCN(CCO)Cc1ccc(O)c(N)c1.